The fraction of sp³-hybridized carbons (Fsp3) is 0.714. The van der Waals surface area contributed by atoms with Crippen LogP contribution in [0, 0.1) is 0 Å². The zero-order chi connectivity index (χ0) is 15.9. The third-order valence-electron chi connectivity index (χ3n) is 3.01. The molecule has 0 fully saturated rings. The van der Waals surface area contributed by atoms with Gasteiger partial charge in [0.2, 0.25) is 0 Å². The maximum absolute atomic E-state index is 11.6. The minimum atomic E-state index is -1.50. The maximum atomic E-state index is 11.6. The van der Waals surface area contributed by atoms with Gasteiger partial charge in [-0.2, -0.15) is 0 Å². The van der Waals surface area contributed by atoms with Gasteiger partial charge in [-0.15, -0.1) is 0 Å². The van der Waals surface area contributed by atoms with Gasteiger partial charge in [-0.1, -0.05) is 41.1 Å². The number of halogens is 1. The van der Waals surface area contributed by atoms with Crippen molar-refractivity contribution in [3.63, 3.8) is 0 Å². The van der Waals surface area contributed by atoms with Crippen molar-refractivity contribution < 1.29 is 19.4 Å². The van der Waals surface area contributed by atoms with Crippen molar-refractivity contribution >= 4 is 35.9 Å². The number of hydrogen-bond donors (Lipinski definition) is 1. The quantitative estimate of drug-likeness (QED) is 0.518. The molecule has 0 saturated carbocycles. The molecule has 0 rings (SSSR count). The molecule has 0 bridgehead atoms. The van der Waals surface area contributed by atoms with Gasteiger partial charge in [0.05, 0.1) is 14.7 Å². The molecule has 0 heterocycles. The highest BCUT2D eigenvalue weighted by Crippen LogP contribution is 2.36. The highest BCUT2D eigenvalue weighted by atomic mass is 79.9. The van der Waals surface area contributed by atoms with Gasteiger partial charge >= 0.3 is 11.9 Å². The number of aliphatic carboxylic acids is 1. The van der Waals surface area contributed by atoms with Crippen LogP contribution in [0.2, 0.25) is 25.2 Å². The van der Waals surface area contributed by atoms with Crippen molar-refractivity contribution in [3.8, 4) is 0 Å². The van der Waals surface area contributed by atoms with Gasteiger partial charge in [-0.3, -0.25) is 9.59 Å². The van der Waals surface area contributed by atoms with Crippen molar-refractivity contribution in [2.75, 3.05) is 6.61 Å². The predicted octanol–water partition coefficient (Wildman–Crippen LogP) is 4.18. The molecule has 0 spiro atoms. The summed E-state index contributed by atoms with van der Waals surface area (Å²) in [6.07, 6.45) is 0.497. The second kappa shape index (κ2) is 8.62. The van der Waals surface area contributed by atoms with Crippen LogP contribution in [0.4, 0.5) is 0 Å². The lowest BCUT2D eigenvalue weighted by Gasteiger charge is -2.29. The number of rotatable bonds is 8. The monoisotopic (exact) mass is 364 g/mol. The van der Waals surface area contributed by atoms with E-state index in [-0.39, 0.29) is 24.4 Å². The predicted molar refractivity (Wildman–Crippen MR) is 86.8 cm³/mol. The highest BCUT2D eigenvalue weighted by Gasteiger charge is 2.30. The van der Waals surface area contributed by atoms with Gasteiger partial charge in [0.25, 0.3) is 0 Å². The van der Waals surface area contributed by atoms with Crippen molar-refractivity contribution in [1.82, 2.24) is 0 Å². The van der Waals surface area contributed by atoms with Gasteiger partial charge < -0.3 is 9.84 Å². The molecule has 0 amide bonds. The van der Waals surface area contributed by atoms with E-state index in [2.05, 4.69) is 35.6 Å². The van der Waals surface area contributed by atoms with Crippen LogP contribution in [0.5, 0.6) is 0 Å². The standard InChI is InChI=1S/C14H25BrO4Si/c1-10(2)14(15)11(20(3,4)5)9-19-13(18)8-6-7-12(16)17/h11H,6-9H2,1-5H3,(H,16,17)/t11-/m0/s1. The van der Waals surface area contributed by atoms with Crippen LogP contribution in [0.3, 0.4) is 0 Å². The Kier molecular flexibility index (Phi) is 8.35. The topological polar surface area (TPSA) is 63.6 Å². The number of carbonyl (C=O) groups is 2. The molecule has 0 aromatic rings. The van der Waals surface area contributed by atoms with Crippen LogP contribution in [0.15, 0.2) is 10.1 Å². The fourth-order valence-electron chi connectivity index (χ4n) is 1.68. The lowest BCUT2D eigenvalue weighted by atomic mass is 10.2. The lowest BCUT2D eigenvalue weighted by Crippen LogP contribution is -2.32. The minimum Gasteiger partial charge on any atom is -0.481 e. The zero-order valence-corrected chi connectivity index (χ0v) is 15.5. The average molecular weight is 365 g/mol. The Hall–Kier alpha value is -0.623. The number of allylic oxidation sites excluding steroid dienone is 1. The Morgan fingerprint density at radius 1 is 1.20 bits per heavy atom. The Labute approximate surface area is 130 Å². The van der Waals surface area contributed by atoms with Gasteiger partial charge in [0, 0.05) is 18.4 Å². The van der Waals surface area contributed by atoms with E-state index in [0.717, 1.165) is 4.48 Å². The normalized spacial score (nSPS) is 12.7. The molecule has 0 aromatic heterocycles. The molecule has 4 nitrogen and oxygen atoms in total. The molecule has 20 heavy (non-hydrogen) atoms. The van der Waals surface area contributed by atoms with Crippen LogP contribution in [0.1, 0.15) is 33.1 Å². The molecule has 0 radical (unpaired) electrons. The average Bonchev–Trinajstić information content (AvgIpc) is 2.26. The smallest absolute Gasteiger partial charge is 0.305 e. The molecule has 0 saturated heterocycles. The van der Waals surface area contributed by atoms with E-state index in [1.54, 1.807) is 0 Å². The number of esters is 1. The van der Waals surface area contributed by atoms with Gasteiger partial charge in [0.15, 0.2) is 0 Å². The molecule has 116 valence electrons. The van der Waals surface area contributed by atoms with Crippen molar-refractivity contribution in [2.24, 2.45) is 0 Å². The first-order chi connectivity index (χ1) is 9.05. The van der Waals surface area contributed by atoms with Crippen molar-refractivity contribution in [2.45, 2.75) is 58.3 Å². The summed E-state index contributed by atoms with van der Waals surface area (Å²) in [6, 6.07) is 0. The van der Waals surface area contributed by atoms with E-state index in [0.29, 0.717) is 13.0 Å². The van der Waals surface area contributed by atoms with Gasteiger partial charge in [-0.05, 0) is 24.8 Å². The number of carboxylic acid groups (broad SMARTS) is 1. The van der Waals surface area contributed by atoms with Crippen LogP contribution in [-0.2, 0) is 14.3 Å². The van der Waals surface area contributed by atoms with Crippen LogP contribution < -0.4 is 0 Å². The van der Waals surface area contributed by atoms with Gasteiger partial charge in [-0.25, -0.2) is 0 Å². The zero-order valence-electron chi connectivity index (χ0n) is 13.0. The molecular formula is C14H25BrO4Si. The fourth-order valence-corrected chi connectivity index (χ4v) is 5.51. The first-order valence-electron chi connectivity index (χ1n) is 6.76. The van der Waals surface area contributed by atoms with Crippen LogP contribution >= 0.6 is 15.9 Å². The van der Waals surface area contributed by atoms with E-state index in [1.807, 2.05) is 13.8 Å². The van der Waals surface area contributed by atoms with Gasteiger partial charge in [0.1, 0.15) is 0 Å². The first-order valence-corrected chi connectivity index (χ1v) is 11.1. The number of carbonyl (C=O) groups excluding carboxylic acids is 1. The molecule has 1 atom stereocenters. The van der Waals surface area contributed by atoms with E-state index in [1.165, 1.54) is 5.57 Å². The second-order valence-electron chi connectivity index (χ2n) is 6.20. The third-order valence-corrected chi connectivity index (χ3v) is 7.33. The second-order valence-corrected chi connectivity index (χ2v) is 12.5. The summed E-state index contributed by atoms with van der Waals surface area (Å²) in [5.41, 5.74) is 1.43. The summed E-state index contributed by atoms with van der Waals surface area (Å²) in [6.45, 7) is 11.1. The van der Waals surface area contributed by atoms with Crippen molar-refractivity contribution in [1.29, 1.82) is 0 Å². The summed E-state index contributed by atoms with van der Waals surface area (Å²) in [5, 5.41) is 8.53. The summed E-state index contributed by atoms with van der Waals surface area (Å²) in [7, 11) is -1.50. The number of ether oxygens (including phenoxy) is 1. The molecule has 0 aliphatic rings. The van der Waals surface area contributed by atoms with E-state index in [9.17, 15) is 9.59 Å². The van der Waals surface area contributed by atoms with Crippen molar-refractivity contribution in [3.05, 3.63) is 10.1 Å². The third kappa shape index (κ3) is 7.84. The van der Waals surface area contributed by atoms with E-state index >= 15 is 0 Å². The molecular weight excluding hydrogens is 340 g/mol. The first kappa shape index (κ1) is 19.4. The van der Waals surface area contributed by atoms with Crippen LogP contribution in [-0.4, -0.2) is 31.7 Å². The van der Waals surface area contributed by atoms with E-state index in [4.69, 9.17) is 9.84 Å². The molecule has 0 aliphatic heterocycles. The summed E-state index contributed by atoms with van der Waals surface area (Å²) in [4.78, 5) is 22.0. The Morgan fingerprint density at radius 2 is 1.75 bits per heavy atom. The SMILES string of the molecule is CC(C)=C(Br)[C@H](COC(=O)CCCC(=O)O)[Si](C)(C)C. The molecule has 0 aromatic carbocycles. The largest absolute Gasteiger partial charge is 0.481 e. The molecule has 0 aliphatic carbocycles. The number of carboxylic acids is 1. The Bertz CT molecular complexity index is 381. The maximum Gasteiger partial charge on any atom is 0.305 e. The minimum absolute atomic E-state index is 0.00418. The Balaban J connectivity index is 4.46. The summed E-state index contributed by atoms with van der Waals surface area (Å²) < 4.78 is 6.44. The Morgan fingerprint density at radius 3 is 2.15 bits per heavy atom. The lowest BCUT2D eigenvalue weighted by molar-refractivity contribution is -0.144. The molecule has 1 N–H and O–H groups in total. The molecule has 0 unspecified atom stereocenters. The highest BCUT2D eigenvalue weighted by molar-refractivity contribution is 9.11. The van der Waals surface area contributed by atoms with Crippen LogP contribution in [0.25, 0.3) is 0 Å². The number of hydrogen-bond acceptors (Lipinski definition) is 3. The summed E-state index contributed by atoms with van der Waals surface area (Å²) in [5.74, 6) is -1.20. The summed E-state index contributed by atoms with van der Waals surface area (Å²) >= 11 is 3.61. The molecule has 6 heteroatoms. The van der Waals surface area contributed by atoms with E-state index < -0.39 is 14.0 Å².